The van der Waals surface area contributed by atoms with Crippen LogP contribution in [-0.4, -0.2) is 47.3 Å². The van der Waals surface area contributed by atoms with Crippen molar-refractivity contribution in [3.8, 4) is 0 Å². The van der Waals surface area contributed by atoms with Crippen LogP contribution in [-0.2, 0) is 11.2 Å². The maximum absolute atomic E-state index is 13.2. The molecule has 4 aromatic carbocycles. The number of carboxylic acid groups (broad SMARTS) is 1. The first-order valence-corrected chi connectivity index (χ1v) is 17.4. The van der Waals surface area contributed by atoms with E-state index < -0.39 is 17.9 Å². The summed E-state index contributed by atoms with van der Waals surface area (Å²) in [6.07, 6.45) is 5.35. The average Bonchev–Trinajstić information content (AvgIpc) is 3.84. The van der Waals surface area contributed by atoms with Crippen molar-refractivity contribution < 1.29 is 14.7 Å². The lowest BCUT2D eigenvalue weighted by atomic mass is 10.00. The minimum Gasteiger partial charge on any atom is -0.480 e. The highest BCUT2D eigenvalue weighted by atomic mass is 35.5. The molecule has 1 saturated carbocycles. The fraction of sp³-hybridized carbons (Fsp3) is 0.316. The quantitative estimate of drug-likeness (QED) is 0.167. The molecule has 4 aromatic rings. The zero-order chi connectivity index (χ0) is 32.5. The van der Waals surface area contributed by atoms with Gasteiger partial charge in [0, 0.05) is 22.7 Å². The van der Waals surface area contributed by atoms with E-state index in [2.05, 4.69) is 90.6 Å². The summed E-state index contributed by atoms with van der Waals surface area (Å²) >= 11 is 7.74. The van der Waals surface area contributed by atoms with E-state index in [4.69, 9.17) is 11.6 Å². The van der Waals surface area contributed by atoms with Gasteiger partial charge in [-0.2, -0.15) is 0 Å². The van der Waals surface area contributed by atoms with Crippen molar-refractivity contribution in [2.45, 2.75) is 62.7 Å². The van der Waals surface area contributed by atoms with Crippen LogP contribution in [0.4, 0.5) is 5.69 Å². The highest BCUT2D eigenvalue weighted by Crippen LogP contribution is 2.49. The number of anilines is 1. The summed E-state index contributed by atoms with van der Waals surface area (Å²) in [5.41, 5.74) is 6.37. The van der Waals surface area contributed by atoms with E-state index in [9.17, 15) is 14.7 Å². The molecule has 1 aliphatic carbocycles. The number of amides is 1. The molecule has 1 heterocycles. The number of benzene rings is 4. The van der Waals surface area contributed by atoms with Crippen LogP contribution in [0.15, 0.2) is 101 Å². The summed E-state index contributed by atoms with van der Waals surface area (Å²) in [7, 11) is 2.24. The summed E-state index contributed by atoms with van der Waals surface area (Å²) in [5, 5.41) is 15.5. The van der Waals surface area contributed by atoms with Gasteiger partial charge in [0.25, 0.3) is 5.91 Å². The molecule has 2 aliphatic rings. The largest absolute Gasteiger partial charge is 0.480 e. The Morgan fingerprint density at radius 3 is 2.35 bits per heavy atom. The van der Waals surface area contributed by atoms with Crippen LogP contribution in [0.1, 0.15) is 60.8 Å². The monoisotopic (exact) mass is 653 g/mol. The molecular formula is C38H40ClN3O3S. The van der Waals surface area contributed by atoms with Gasteiger partial charge in [0.1, 0.15) is 12.2 Å². The minimum absolute atomic E-state index is 0.0228. The molecule has 0 radical (unpaired) electrons. The van der Waals surface area contributed by atoms with Crippen molar-refractivity contribution in [1.29, 1.82) is 0 Å². The first-order chi connectivity index (χ1) is 22.2. The zero-order valence-corrected chi connectivity index (χ0v) is 28.2. The summed E-state index contributed by atoms with van der Waals surface area (Å²) < 4.78 is 0. The maximum Gasteiger partial charge on any atom is 0.326 e. The van der Waals surface area contributed by atoms with E-state index >= 15 is 0 Å². The second kappa shape index (κ2) is 13.5. The third kappa shape index (κ3) is 6.55. The van der Waals surface area contributed by atoms with Gasteiger partial charge in [-0.05, 0) is 96.3 Å². The molecule has 6 nitrogen and oxygen atoms in total. The van der Waals surface area contributed by atoms with Crippen LogP contribution in [0.3, 0.4) is 0 Å². The predicted molar refractivity (Wildman–Crippen MR) is 189 cm³/mol. The Hall–Kier alpha value is -3.78. The van der Waals surface area contributed by atoms with Crippen molar-refractivity contribution in [3.05, 3.63) is 118 Å². The van der Waals surface area contributed by atoms with E-state index in [-0.39, 0.29) is 12.6 Å². The van der Waals surface area contributed by atoms with Crippen LogP contribution in [0.5, 0.6) is 0 Å². The highest BCUT2D eigenvalue weighted by Gasteiger charge is 2.45. The number of nitrogens with zero attached hydrogens (tertiary/aromatic N) is 2. The fourth-order valence-electron chi connectivity index (χ4n) is 6.67. The Morgan fingerprint density at radius 1 is 0.978 bits per heavy atom. The first-order valence-electron chi connectivity index (χ1n) is 15.8. The summed E-state index contributed by atoms with van der Waals surface area (Å²) in [4.78, 5) is 31.2. The molecule has 3 atom stereocenters. The average molecular weight is 654 g/mol. The van der Waals surface area contributed by atoms with Crippen LogP contribution in [0, 0.1) is 5.92 Å². The van der Waals surface area contributed by atoms with E-state index in [1.807, 2.05) is 18.4 Å². The van der Waals surface area contributed by atoms with Crippen LogP contribution < -0.4 is 10.2 Å². The Bertz CT molecular complexity index is 1800. The Labute approximate surface area is 280 Å². The Kier molecular flexibility index (Phi) is 9.46. The third-order valence-corrected chi connectivity index (χ3v) is 10.1. The molecule has 1 amide bonds. The second-order valence-corrected chi connectivity index (χ2v) is 14.0. The number of likely N-dealkylation sites (N-methyl/N-ethyl adjacent to an activating group) is 1. The number of thioether (sulfide) groups is 1. The number of carboxylic acids is 1. The fourth-order valence-corrected chi connectivity index (χ4v) is 7.61. The van der Waals surface area contributed by atoms with Gasteiger partial charge in [-0.25, -0.2) is 4.79 Å². The number of fused-ring (bicyclic) bond motifs is 1. The molecule has 8 heteroatoms. The van der Waals surface area contributed by atoms with Gasteiger partial charge in [0.05, 0.1) is 16.6 Å². The van der Waals surface area contributed by atoms with Gasteiger partial charge >= 0.3 is 5.97 Å². The number of carbonyl (C=O) groups is 2. The van der Waals surface area contributed by atoms with E-state index in [1.165, 1.54) is 39.4 Å². The van der Waals surface area contributed by atoms with Gasteiger partial charge in [0.2, 0.25) is 0 Å². The van der Waals surface area contributed by atoms with Crippen molar-refractivity contribution in [3.63, 3.8) is 0 Å². The summed E-state index contributed by atoms with van der Waals surface area (Å²) in [5.74, 6) is -1.04. The number of hydrogen-bond acceptors (Lipinski definition) is 5. The molecule has 0 aromatic heterocycles. The number of allylic oxidation sites excluding steroid dienone is 1. The van der Waals surface area contributed by atoms with E-state index in [0.717, 1.165) is 30.5 Å². The zero-order valence-electron chi connectivity index (χ0n) is 26.7. The van der Waals surface area contributed by atoms with Crippen molar-refractivity contribution in [2.24, 2.45) is 5.92 Å². The standard InChI is InChI=1S/C38H40ClN3O3S/c1-23(2)20-32-35(26-15-16-26)42(37(41(32)3)28-17-14-25-8-5-6-9-27(25)22-28)29-18-12-24(13-19-29)21-31(38(44)45)40-36(43)34-30(39)10-7-11-33(34)46-4/h5-14,17-19,22-23,31-32,37H,15-16,20-21H2,1-4H3,(H,40,43)(H,44,45). The molecule has 2 fully saturated rings. The van der Waals surface area contributed by atoms with Crippen LogP contribution >= 0.6 is 23.4 Å². The number of nitrogens with one attached hydrogen (secondary N) is 1. The molecule has 46 heavy (non-hydrogen) atoms. The van der Waals surface area contributed by atoms with E-state index in [0.29, 0.717) is 27.4 Å². The molecule has 2 N–H and O–H groups in total. The van der Waals surface area contributed by atoms with Gasteiger partial charge in [-0.3, -0.25) is 9.69 Å². The molecule has 0 bridgehead atoms. The first kappa shape index (κ1) is 32.2. The minimum atomic E-state index is -1.10. The lowest BCUT2D eigenvalue weighted by molar-refractivity contribution is -0.139. The lowest BCUT2D eigenvalue weighted by Crippen LogP contribution is -2.42. The number of halogens is 1. The molecular weight excluding hydrogens is 614 g/mol. The SMILES string of the molecule is CSc1cccc(Cl)c1C(=O)NC(Cc1ccc(N2C(=C3CC3)C(CC(C)C)N(C)C2c2ccc3ccccc3c2)cc1)C(=O)O. The molecule has 1 aliphatic heterocycles. The topological polar surface area (TPSA) is 72.9 Å². The van der Waals surface area contributed by atoms with Gasteiger partial charge < -0.3 is 15.3 Å². The van der Waals surface area contributed by atoms with E-state index in [1.54, 1.807) is 18.2 Å². The number of aliphatic carboxylic acids is 1. The highest BCUT2D eigenvalue weighted by molar-refractivity contribution is 7.98. The summed E-state index contributed by atoms with van der Waals surface area (Å²) in [6.45, 7) is 4.58. The third-order valence-electron chi connectivity index (χ3n) is 9.01. The molecule has 1 saturated heterocycles. The van der Waals surface area contributed by atoms with Crippen LogP contribution in [0.2, 0.25) is 5.02 Å². The Morgan fingerprint density at radius 2 is 1.70 bits per heavy atom. The van der Waals surface area contributed by atoms with Gasteiger partial charge in [0.15, 0.2) is 0 Å². The van der Waals surface area contributed by atoms with Crippen molar-refractivity contribution in [2.75, 3.05) is 18.2 Å². The van der Waals surface area contributed by atoms with Gasteiger partial charge in [-0.1, -0.05) is 80.0 Å². The molecule has 238 valence electrons. The van der Waals surface area contributed by atoms with Crippen molar-refractivity contribution >= 4 is 51.7 Å². The molecule has 0 spiro atoms. The lowest BCUT2D eigenvalue weighted by Gasteiger charge is -2.31. The van der Waals surface area contributed by atoms with Crippen LogP contribution in [0.25, 0.3) is 10.8 Å². The number of rotatable bonds is 10. The normalized spacial score (nSPS) is 18.8. The number of carbonyl (C=O) groups excluding carboxylic acids is 1. The van der Waals surface area contributed by atoms with Crippen molar-refractivity contribution in [1.82, 2.24) is 10.2 Å². The second-order valence-electron chi connectivity index (χ2n) is 12.7. The Balaban J connectivity index is 1.31. The maximum atomic E-state index is 13.2. The van der Waals surface area contributed by atoms with Gasteiger partial charge in [-0.15, -0.1) is 11.8 Å². The summed E-state index contributed by atoms with van der Waals surface area (Å²) in [6, 6.07) is 27.8. The predicted octanol–water partition coefficient (Wildman–Crippen LogP) is 8.55. The molecule has 6 rings (SSSR count). The number of hydrogen-bond donors (Lipinski definition) is 2. The molecule has 3 unspecified atom stereocenters. The smallest absolute Gasteiger partial charge is 0.326 e.